The molecule has 0 aliphatic rings. The van der Waals surface area contributed by atoms with E-state index in [4.69, 9.17) is 26.4 Å². The topological polar surface area (TPSA) is 180 Å². The van der Waals surface area contributed by atoms with Crippen molar-refractivity contribution in [2.75, 3.05) is 13.1 Å². The largest absolute Gasteiger partial charge is 0.354 e. The summed E-state index contributed by atoms with van der Waals surface area (Å²) in [5, 5.41) is 9.49. The lowest BCUT2D eigenvalue weighted by Gasteiger charge is -2.26. The number of fused-ring (bicyclic) bond motifs is 6. The molecule has 0 fully saturated rings. The zero-order chi connectivity index (χ0) is 38.5. The van der Waals surface area contributed by atoms with Crippen LogP contribution in [0.5, 0.6) is 0 Å². The molecule has 0 bridgehead atoms. The molecule has 0 aliphatic heterocycles. The summed E-state index contributed by atoms with van der Waals surface area (Å²) in [6.45, 7) is 12.9. The molecule has 3 aromatic heterocycles. The van der Waals surface area contributed by atoms with E-state index in [2.05, 4.69) is 96.8 Å². The molecule has 6 rings (SSSR count). The number of amides is 2. The molecule has 8 N–H and O–H groups in total. The number of benzene rings is 3. The molecule has 286 valence electrons. The lowest BCUT2D eigenvalue weighted by atomic mass is 9.89. The second kappa shape index (κ2) is 17.1. The number of aromatic nitrogens is 5. The van der Waals surface area contributed by atoms with E-state index in [1.807, 2.05) is 6.07 Å². The SMILES string of the molecule is CC(=O)N[C@H](CC(CCCN)c1nc2ccc3[nH]c(-c4ccc5c(ccc6[nH]c(C(CCCN)C[C@@H](NC(C)=O)C(C)C)nc65)c4)ccc3c2n1)C(C)C. The van der Waals surface area contributed by atoms with Crippen LogP contribution in [0.4, 0.5) is 0 Å². The molecule has 0 radical (unpaired) electrons. The van der Waals surface area contributed by atoms with E-state index in [1.54, 1.807) is 13.8 Å². The van der Waals surface area contributed by atoms with Crippen molar-refractivity contribution >= 4 is 55.6 Å². The first kappa shape index (κ1) is 38.8. The van der Waals surface area contributed by atoms with Crippen molar-refractivity contribution < 1.29 is 9.59 Å². The number of hydrogen-bond donors (Lipinski definition) is 6. The Morgan fingerprint density at radius 1 is 0.685 bits per heavy atom. The number of hydrogen-bond acceptors (Lipinski definition) is 7. The Balaban J connectivity index is 1.30. The third-order valence-electron chi connectivity index (χ3n) is 10.9. The zero-order valence-electron chi connectivity index (χ0n) is 32.6. The van der Waals surface area contributed by atoms with Crippen molar-refractivity contribution in [2.45, 2.75) is 104 Å². The number of H-pyrrole nitrogens is 2. The second-order valence-corrected chi connectivity index (χ2v) is 15.7. The first-order valence-electron chi connectivity index (χ1n) is 19.6. The number of carbonyl (C=O) groups excluding carboxylic acids is 2. The van der Waals surface area contributed by atoms with Crippen molar-refractivity contribution in [2.24, 2.45) is 23.3 Å². The fraction of sp³-hybridized carbons (Fsp3) is 0.465. The van der Waals surface area contributed by atoms with Crippen LogP contribution in [0.15, 0.2) is 54.6 Å². The van der Waals surface area contributed by atoms with Gasteiger partial charge in [0.2, 0.25) is 11.8 Å². The smallest absolute Gasteiger partial charge is 0.217 e. The minimum Gasteiger partial charge on any atom is -0.354 e. The van der Waals surface area contributed by atoms with Crippen LogP contribution in [-0.4, -0.2) is 61.9 Å². The van der Waals surface area contributed by atoms with Gasteiger partial charge in [0.1, 0.15) is 17.2 Å². The minimum atomic E-state index is -0.0224. The fourth-order valence-electron chi connectivity index (χ4n) is 7.81. The molecular weight excluding hydrogens is 675 g/mol. The predicted octanol–water partition coefficient (Wildman–Crippen LogP) is 7.55. The third-order valence-corrected chi connectivity index (χ3v) is 10.9. The van der Waals surface area contributed by atoms with Gasteiger partial charge in [0.05, 0.1) is 16.6 Å². The normalized spacial score (nSPS) is 14.3. The van der Waals surface area contributed by atoms with Gasteiger partial charge in [-0.25, -0.2) is 15.0 Å². The van der Waals surface area contributed by atoms with E-state index in [9.17, 15) is 9.59 Å². The number of rotatable bonds is 17. The van der Waals surface area contributed by atoms with E-state index in [1.165, 1.54) is 0 Å². The Morgan fingerprint density at radius 2 is 1.31 bits per heavy atom. The molecule has 0 saturated carbocycles. The molecule has 3 heterocycles. The van der Waals surface area contributed by atoms with Crippen molar-refractivity contribution in [3.05, 3.63) is 66.2 Å². The number of nitrogens with one attached hydrogen (secondary N) is 4. The maximum Gasteiger partial charge on any atom is 0.217 e. The Hall–Kier alpha value is -4.87. The number of carbonyl (C=O) groups is 2. The van der Waals surface area contributed by atoms with Crippen molar-refractivity contribution in [3.63, 3.8) is 0 Å². The van der Waals surface area contributed by atoms with Gasteiger partial charge in [0, 0.05) is 59.8 Å². The molecule has 0 saturated heterocycles. The van der Waals surface area contributed by atoms with Crippen LogP contribution in [0.3, 0.4) is 0 Å². The molecule has 6 aromatic rings. The molecule has 2 unspecified atom stereocenters. The molecule has 0 aliphatic carbocycles. The van der Waals surface area contributed by atoms with Crippen LogP contribution in [0, 0.1) is 11.8 Å². The summed E-state index contributed by atoms with van der Waals surface area (Å²) < 4.78 is 0. The van der Waals surface area contributed by atoms with Crippen LogP contribution in [0.2, 0.25) is 0 Å². The molecule has 4 atom stereocenters. The summed E-state index contributed by atoms with van der Waals surface area (Å²) in [6.07, 6.45) is 5.08. The molecule has 2 amide bonds. The van der Waals surface area contributed by atoms with Crippen LogP contribution in [0.25, 0.3) is 55.0 Å². The molecular formula is C43H57N9O2. The maximum atomic E-state index is 12.0. The summed E-state index contributed by atoms with van der Waals surface area (Å²) in [7, 11) is 0. The van der Waals surface area contributed by atoms with Crippen LogP contribution >= 0.6 is 0 Å². The third kappa shape index (κ3) is 8.74. The zero-order valence-corrected chi connectivity index (χ0v) is 32.6. The summed E-state index contributed by atoms with van der Waals surface area (Å²) >= 11 is 0. The number of aromatic amines is 2. The minimum absolute atomic E-state index is 0.0120. The molecule has 11 heteroatoms. The Bertz CT molecular complexity index is 2080. The Kier molecular flexibility index (Phi) is 12.3. The first-order chi connectivity index (χ1) is 25.9. The molecule has 11 nitrogen and oxygen atoms in total. The highest BCUT2D eigenvalue weighted by atomic mass is 16.2. The van der Waals surface area contributed by atoms with E-state index in [0.717, 1.165) is 105 Å². The van der Waals surface area contributed by atoms with Gasteiger partial charge in [-0.05, 0) is 111 Å². The van der Waals surface area contributed by atoms with E-state index >= 15 is 0 Å². The fourth-order valence-corrected chi connectivity index (χ4v) is 7.81. The van der Waals surface area contributed by atoms with Gasteiger partial charge >= 0.3 is 0 Å². The average Bonchev–Trinajstić information content (AvgIpc) is 3.78. The first-order valence-corrected chi connectivity index (χ1v) is 19.6. The Labute approximate surface area is 317 Å². The summed E-state index contributed by atoms with van der Waals surface area (Å²) in [5.74, 6) is 2.54. The monoisotopic (exact) mass is 731 g/mol. The van der Waals surface area contributed by atoms with Gasteiger partial charge in [0.25, 0.3) is 0 Å². The summed E-state index contributed by atoms with van der Waals surface area (Å²) in [4.78, 5) is 46.5. The second-order valence-electron chi connectivity index (χ2n) is 15.7. The number of pyridine rings is 1. The van der Waals surface area contributed by atoms with Gasteiger partial charge in [0.15, 0.2) is 0 Å². The standard InChI is InChI=1S/C43H57N9O2/c1-24(2)38(46-26(5)53)22-30(9-7-19-44)42-49-36-15-12-28-21-29(11-13-32(28)40(36)51-42)34-16-14-33-35(48-34)17-18-37-41(33)52-43(50-37)31(10-8-20-45)23-39(25(3)4)47-27(6)54/h11-18,21,24-25,30-31,38-39,48H,7-10,19-20,22-23,44-45H2,1-6H3,(H,46,53)(H,47,54)(H,49,51)/t30?,31?,38-,39-/m1/s1. The van der Waals surface area contributed by atoms with E-state index in [-0.39, 0.29) is 41.7 Å². The van der Waals surface area contributed by atoms with Gasteiger partial charge < -0.3 is 32.1 Å². The molecule has 0 spiro atoms. The Morgan fingerprint density at radius 3 is 1.96 bits per heavy atom. The highest BCUT2D eigenvalue weighted by Crippen LogP contribution is 2.35. The predicted molar refractivity (Wildman–Crippen MR) is 220 cm³/mol. The average molecular weight is 732 g/mol. The number of nitrogens with two attached hydrogens (primary N) is 2. The highest BCUT2D eigenvalue weighted by molar-refractivity contribution is 6.06. The number of imidazole rings is 2. The lowest BCUT2D eigenvalue weighted by molar-refractivity contribution is -0.120. The van der Waals surface area contributed by atoms with Crippen LogP contribution in [0.1, 0.15) is 104 Å². The highest BCUT2D eigenvalue weighted by Gasteiger charge is 2.26. The van der Waals surface area contributed by atoms with Crippen molar-refractivity contribution in [1.29, 1.82) is 0 Å². The van der Waals surface area contributed by atoms with Gasteiger partial charge in [-0.2, -0.15) is 0 Å². The quantitative estimate of drug-likeness (QED) is 0.0560. The molecule has 3 aromatic carbocycles. The van der Waals surface area contributed by atoms with Crippen molar-refractivity contribution in [3.8, 4) is 11.3 Å². The molecule has 54 heavy (non-hydrogen) atoms. The van der Waals surface area contributed by atoms with Crippen LogP contribution < -0.4 is 22.1 Å². The number of nitrogens with zero attached hydrogens (tertiary/aromatic N) is 3. The van der Waals surface area contributed by atoms with Gasteiger partial charge in [-0.15, -0.1) is 0 Å². The summed E-state index contributed by atoms with van der Waals surface area (Å²) in [6, 6.07) is 19.2. The van der Waals surface area contributed by atoms with Crippen LogP contribution in [-0.2, 0) is 9.59 Å². The van der Waals surface area contributed by atoms with Gasteiger partial charge in [-0.1, -0.05) is 45.9 Å². The van der Waals surface area contributed by atoms with Gasteiger partial charge in [-0.3, -0.25) is 9.59 Å². The maximum absolute atomic E-state index is 12.0. The summed E-state index contributed by atoms with van der Waals surface area (Å²) in [5.41, 5.74) is 18.6. The van der Waals surface area contributed by atoms with E-state index < -0.39 is 0 Å². The lowest BCUT2D eigenvalue weighted by Crippen LogP contribution is -2.38. The van der Waals surface area contributed by atoms with Crippen molar-refractivity contribution in [1.82, 2.24) is 35.6 Å². The van der Waals surface area contributed by atoms with E-state index in [0.29, 0.717) is 19.0 Å².